The van der Waals surface area contributed by atoms with Gasteiger partial charge in [0.25, 0.3) is 0 Å². The lowest BCUT2D eigenvalue weighted by molar-refractivity contribution is -0.121. The van der Waals surface area contributed by atoms with E-state index in [0.29, 0.717) is 24.9 Å². The van der Waals surface area contributed by atoms with Crippen molar-refractivity contribution in [3.05, 3.63) is 47.5 Å². The van der Waals surface area contributed by atoms with Crippen LogP contribution in [-0.4, -0.2) is 44.7 Å². The quantitative estimate of drug-likeness (QED) is 0.761. The minimum atomic E-state index is 0.143. The maximum Gasteiger partial charge on any atom is 0.220 e. The molecule has 0 radical (unpaired) electrons. The molecule has 0 bridgehead atoms. The van der Waals surface area contributed by atoms with Crippen LogP contribution in [0.5, 0.6) is 0 Å². The first kappa shape index (κ1) is 20.5. The molecule has 6 heteroatoms. The fourth-order valence-electron chi connectivity index (χ4n) is 4.03. The molecule has 0 spiro atoms. The molecule has 1 N–H and O–H groups in total. The Morgan fingerprint density at radius 3 is 2.75 bits per heavy atom. The van der Waals surface area contributed by atoms with E-state index in [1.807, 2.05) is 19.1 Å². The summed E-state index contributed by atoms with van der Waals surface area (Å²) in [6, 6.07) is 6.50. The summed E-state index contributed by atoms with van der Waals surface area (Å²) < 4.78 is 2.12. The highest BCUT2D eigenvalue weighted by Gasteiger charge is 2.23. The third-order valence-corrected chi connectivity index (χ3v) is 5.81. The van der Waals surface area contributed by atoms with E-state index >= 15 is 0 Å². The fourth-order valence-corrected chi connectivity index (χ4v) is 4.03. The smallest absolute Gasteiger partial charge is 0.220 e. The number of nitrogens with zero attached hydrogens (tertiary/aromatic N) is 4. The van der Waals surface area contributed by atoms with Gasteiger partial charge in [-0.25, -0.2) is 0 Å². The SMILES string of the molecule is Cc1cc(C)n(CC(C)N2CCC(CCC(=O)NCc3cccnc3)CC2)n1. The molecule has 0 saturated carbocycles. The lowest BCUT2D eigenvalue weighted by Crippen LogP contribution is -2.42. The van der Waals surface area contributed by atoms with Crippen LogP contribution >= 0.6 is 0 Å². The molecule has 2 aromatic heterocycles. The average molecular weight is 384 g/mol. The minimum absolute atomic E-state index is 0.143. The van der Waals surface area contributed by atoms with Crippen molar-refractivity contribution in [2.45, 2.75) is 65.6 Å². The van der Waals surface area contributed by atoms with Gasteiger partial charge >= 0.3 is 0 Å². The molecule has 28 heavy (non-hydrogen) atoms. The van der Waals surface area contributed by atoms with Gasteiger partial charge in [0.15, 0.2) is 0 Å². The van der Waals surface area contributed by atoms with E-state index in [9.17, 15) is 4.79 Å². The molecule has 1 aliphatic heterocycles. The van der Waals surface area contributed by atoms with Crippen molar-refractivity contribution in [2.24, 2.45) is 5.92 Å². The molecule has 0 aliphatic carbocycles. The lowest BCUT2D eigenvalue weighted by atomic mass is 9.91. The summed E-state index contributed by atoms with van der Waals surface area (Å²) in [5.74, 6) is 0.797. The van der Waals surface area contributed by atoms with Crippen LogP contribution in [0.1, 0.15) is 49.6 Å². The van der Waals surface area contributed by atoms with Crippen molar-refractivity contribution in [1.29, 1.82) is 0 Å². The number of hydrogen-bond donors (Lipinski definition) is 1. The van der Waals surface area contributed by atoms with E-state index in [0.717, 1.165) is 37.3 Å². The molecule has 1 unspecified atom stereocenters. The van der Waals surface area contributed by atoms with Crippen LogP contribution in [0.2, 0.25) is 0 Å². The molecule has 1 aliphatic rings. The minimum Gasteiger partial charge on any atom is -0.352 e. The zero-order chi connectivity index (χ0) is 19.9. The predicted molar refractivity (Wildman–Crippen MR) is 111 cm³/mol. The third kappa shape index (κ3) is 5.89. The van der Waals surface area contributed by atoms with Crippen molar-refractivity contribution in [2.75, 3.05) is 13.1 Å². The molecule has 1 amide bonds. The Bertz CT molecular complexity index is 750. The molecule has 152 valence electrons. The van der Waals surface area contributed by atoms with Gasteiger partial charge in [-0.1, -0.05) is 6.07 Å². The molecular formula is C22H33N5O. The highest BCUT2D eigenvalue weighted by atomic mass is 16.1. The molecule has 2 aromatic rings. The topological polar surface area (TPSA) is 63.1 Å². The van der Waals surface area contributed by atoms with Crippen molar-refractivity contribution < 1.29 is 4.79 Å². The van der Waals surface area contributed by atoms with Crippen LogP contribution in [0.25, 0.3) is 0 Å². The summed E-state index contributed by atoms with van der Waals surface area (Å²) in [5.41, 5.74) is 3.36. The van der Waals surface area contributed by atoms with Crippen LogP contribution < -0.4 is 5.32 Å². The Kier molecular flexibility index (Phi) is 7.20. The monoisotopic (exact) mass is 383 g/mol. The summed E-state index contributed by atoms with van der Waals surface area (Å²) in [4.78, 5) is 18.8. The summed E-state index contributed by atoms with van der Waals surface area (Å²) in [6.07, 6.45) is 7.50. The number of aryl methyl sites for hydroxylation is 2. The van der Waals surface area contributed by atoms with Gasteiger partial charge in [0.2, 0.25) is 5.91 Å². The largest absolute Gasteiger partial charge is 0.352 e. The van der Waals surface area contributed by atoms with Gasteiger partial charge in [-0.2, -0.15) is 5.10 Å². The number of likely N-dealkylation sites (tertiary alicyclic amines) is 1. The number of piperidine rings is 1. The number of rotatable bonds is 8. The molecular weight excluding hydrogens is 350 g/mol. The molecule has 3 heterocycles. The van der Waals surface area contributed by atoms with Gasteiger partial charge in [0, 0.05) is 37.1 Å². The van der Waals surface area contributed by atoms with Gasteiger partial charge in [-0.05, 0) is 76.7 Å². The lowest BCUT2D eigenvalue weighted by Gasteiger charge is -2.36. The van der Waals surface area contributed by atoms with E-state index in [2.05, 4.69) is 44.9 Å². The average Bonchev–Trinajstić information content (AvgIpc) is 3.02. The summed E-state index contributed by atoms with van der Waals surface area (Å²) in [7, 11) is 0. The van der Waals surface area contributed by atoms with Gasteiger partial charge in [-0.15, -0.1) is 0 Å². The van der Waals surface area contributed by atoms with Gasteiger partial charge in [-0.3, -0.25) is 19.4 Å². The van der Waals surface area contributed by atoms with Crippen LogP contribution in [0.15, 0.2) is 30.6 Å². The molecule has 1 saturated heterocycles. The maximum atomic E-state index is 12.1. The highest BCUT2D eigenvalue weighted by Crippen LogP contribution is 2.23. The summed E-state index contributed by atoms with van der Waals surface area (Å²) >= 11 is 0. The normalized spacial score (nSPS) is 16.8. The first-order chi connectivity index (χ1) is 13.5. The molecule has 0 aromatic carbocycles. The second-order valence-corrected chi connectivity index (χ2v) is 8.11. The first-order valence-electron chi connectivity index (χ1n) is 10.4. The van der Waals surface area contributed by atoms with Gasteiger partial charge in [0.05, 0.1) is 12.2 Å². The number of carbonyl (C=O) groups is 1. The van der Waals surface area contributed by atoms with Crippen molar-refractivity contribution in [3.63, 3.8) is 0 Å². The fraction of sp³-hybridized carbons (Fsp3) is 0.591. The van der Waals surface area contributed by atoms with E-state index in [1.54, 1.807) is 12.4 Å². The van der Waals surface area contributed by atoms with Gasteiger partial charge in [0.1, 0.15) is 0 Å². The number of aromatic nitrogens is 3. The van der Waals surface area contributed by atoms with E-state index in [1.165, 1.54) is 18.5 Å². The van der Waals surface area contributed by atoms with Crippen molar-refractivity contribution >= 4 is 5.91 Å². The van der Waals surface area contributed by atoms with E-state index in [-0.39, 0.29) is 5.91 Å². The molecule has 1 fully saturated rings. The number of carbonyl (C=O) groups excluding carboxylic acids is 1. The van der Waals surface area contributed by atoms with Crippen molar-refractivity contribution in [1.82, 2.24) is 25.0 Å². The first-order valence-corrected chi connectivity index (χ1v) is 10.4. The number of nitrogens with one attached hydrogen (secondary N) is 1. The van der Waals surface area contributed by atoms with Gasteiger partial charge < -0.3 is 5.32 Å². The van der Waals surface area contributed by atoms with E-state index < -0.39 is 0 Å². The Morgan fingerprint density at radius 2 is 2.11 bits per heavy atom. The Labute approximate surface area is 168 Å². The molecule has 6 nitrogen and oxygen atoms in total. The maximum absolute atomic E-state index is 12.1. The standard InChI is InChI=1S/C22H33N5O/c1-17-13-18(2)27(25-17)16-19(3)26-11-8-20(9-12-26)6-7-22(28)24-15-21-5-4-10-23-14-21/h4-5,10,13-14,19-20H,6-9,11-12,15-16H2,1-3H3,(H,24,28). The number of amides is 1. The number of hydrogen-bond acceptors (Lipinski definition) is 4. The predicted octanol–water partition coefficient (Wildman–Crippen LogP) is 3.09. The van der Waals surface area contributed by atoms with Crippen LogP contribution in [0.3, 0.4) is 0 Å². The highest BCUT2D eigenvalue weighted by molar-refractivity contribution is 5.75. The Hall–Kier alpha value is -2.21. The zero-order valence-corrected chi connectivity index (χ0v) is 17.4. The van der Waals surface area contributed by atoms with Crippen LogP contribution in [0, 0.1) is 19.8 Å². The molecule has 3 rings (SSSR count). The molecule has 1 atom stereocenters. The Morgan fingerprint density at radius 1 is 1.32 bits per heavy atom. The summed E-state index contributed by atoms with van der Waals surface area (Å²) in [6.45, 7) is 10.2. The second-order valence-electron chi connectivity index (χ2n) is 8.11. The van der Waals surface area contributed by atoms with Crippen LogP contribution in [-0.2, 0) is 17.9 Å². The summed E-state index contributed by atoms with van der Waals surface area (Å²) in [5, 5.41) is 7.59. The third-order valence-electron chi connectivity index (χ3n) is 5.81. The van der Waals surface area contributed by atoms with E-state index in [4.69, 9.17) is 0 Å². The Balaban J connectivity index is 1.34. The second kappa shape index (κ2) is 9.82. The zero-order valence-electron chi connectivity index (χ0n) is 17.4. The van der Waals surface area contributed by atoms with Crippen LogP contribution in [0.4, 0.5) is 0 Å². The number of pyridine rings is 1. The van der Waals surface area contributed by atoms with Crippen molar-refractivity contribution in [3.8, 4) is 0 Å².